The number of hydrogen-bond acceptors (Lipinski definition) is 3. The molecule has 0 radical (unpaired) electrons. The van der Waals surface area contributed by atoms with E-state index in [-0.39, 0.29) is 6.04 Å². The number of hydrogen-bond donors (Lipinski definition) is 1. The topological polar surface area (TPSA) is 53.1 Å². The highest BCUT2D eigenvalue weighted by Crippen LogP contribution is 2.16. The molecule has 2 N–H and O–H groups in total. The number of rotatable bonds is 8. The lowest BCUT2D eigenvalue weighted by Crippen LogP contribution is -2.22. The SMILES string of the molecule is CCOCCCn1nc(C)c(CC(N)CC)c1C. The Kier molecular flexibility index (Phi) is 6.36. The first kappa shape index (κ1) is 15.2. The zero-order valence-electron chi connectivity index (χ0n) is 12.2. The molecular formula is C14H27N3O. The number of nitrogens with zero attached hydrogens (tertiary/aromatic N) is 2. The van der Waals surface area contributed by atoms with E-state index in [2.05, 4.69) is 30.6 Å². The summed E-state index contributed by atoms with van der Waals surface area (Å²) in [5.41, 5.74) is 9.73. The molecule has 0 saturated heterocycles. The van der Waals surface area contributed by atoms with Gasteiger partial charge in [-0.05, 0) is 45.6 Å². The smallest absolute Gasteiger partial charge is 0.0629 e. The molecule has 0 aromatic carbocycles. The molecular weight excluding hydrogens is 226 g/mol. The van der Waals surface area contributed by atoms with Crippen LogP contribution in [0.1, 0.15) is 43.6 Å². The minimum Gasteiger partial charge on any atom is -0.382 e. The Balaban J connectivity index is 2.62. The quantitative estimate of drug-likeness (QED) is 0.723. The third kappa shape index (κ3) is 4.10. The summed E-state index contributed by atoms with van der Waals surface area (Å²) in [5, 5.41) is 4.60. The van der Waals surface area contributed by atoms with Gasteiger partial charge in [0.05, 0.1) is 5.69 Å². The van der Waals surface area contributed by atoms with Gasteiger partial charge in [-0.3, -0.25) is 4.68 Å². The highest BCUT2D eigenvalue weighted by molar-refractivity contribution is 5.25. The van der Waals surface area contributed by atoms with E-state index >= 15 is 0 Å². The summed E-state index contributed by atoms with van der Waals surface area (Å²) >= 11 is 0. The number of ether oxygens (including phenoxy) is 1. The zero-order chi connectivity index (χ0) is 13.5. The van der Waals surface area contributed by atoms with Crippen LogP contribution in [0, 0.1) is 13.8 Å². The van der Waals surface area contributed by atoms with Crippen molar-refractivity contribution in [3.8, 4) is 0 Å². The number of aromatic nitrogens is 2. The fraction of sp³-hybridized carbons (Fsp3) is 0.786. The lowest BCUT2D eigenvalue weighted by molar-refractivity contribution is 0.140. The first-order valence-corrected chi connectivity index (χ1v) is 6.96. The number of nitrogens with two attached hydrogens (primary N) is 1. The van der Waals surface area contributed by atoms with Crippen LogP contribution in [-0.4, -0.2) is 29.0 Å². The van der Waals surface area contributed by atoms with Crippen LogP contribution in [0.5, 0.6) is 0 Å². The number of aryl methyl sites for hydroxylation is 2. The maximum absolute atomic E-state index is 6.03. The van der Waals surface area contributed by atoms with Crippen molar-refractivity contribution in [2.24, 2.45) is 5.73 Å². The molecule has 18 heavy (non-hydrogen) atoms. The highest BCUT2D eigenvalue weighted by Gasteiger charge is 2.13. The third-order valence-corrected chi connectivity index (χ3v) is 3.38. The Morgan fingerprint density at radius 1 is 1.33 bits per heavy atom. The summed E-state index contributed by atoms with van der Waals surface area (Å²) in [6, 6.07) is 0.239. The predicted octanol–water partition coefficient (Wildman–Crippen LogP) is 2.21. The lowest BCUT2D eigenvalue weighted by Gasteiger charge is -2.09. The molecule has 0 spiro atoms. The van der Waals surface area contributed by atoms with E-state index < -0.39 is 0 Å². The fourth-order valence-electron chi connectivity index (χ4n) is 2.11. The molecule has 1 aromatic heterocycles. The van der Waals surface area contributed by atoms with E-state index in [0.29, 0.717) is 0 Å². The van der Waals surface area contributed by atoms with Crippen LogP contribution in [0.4, 0.5) is 0 Å². The molecule has 4 nitrogen and oxygen atoms in total. The predicted molar refractivity (Wildman–Crippen MR) is 74.8 cm³/mol. The van der Waals surface area contributed by atoms with Crippen molar-refractivity contribution in [1.82, 2.24) is 9.78 Å². The Morgan fingerprint density at radius 2 is 2.06 bits per heavy atom. The lowest BCUT2D eigenvalue weighted by atomic mass is 10.0. The van der Waals surface area contributed by atoms with Crippen molar-refractivity contribution in [2.75, 3.05) is 13.2 Å². The molecule has 1 unspecified atom stereocenters. The van der Waals surface area contributed by atoms with Gasteiger partial charge >= 0.3 is 0 Å². The van der Waals surface area contributed by atoms with Crippen LogP contribution in [0.25, 0.3) is 0 Å². The minimum atomic E-state index is 0.239. The second-order valence-electron chi connectivity index (χ2n) is 4.80. The molecule has 0 fully saturated rings. The maximum atomic E-state index is 6.03. The van der Waals surface area contributed by atoms with Crippen LogP contribution >= 0.6 is 0 Å². The second-order valence-corrected chi connectivity index (χ2v) is 4.80. The summed E-state index contributed by atoms with van der Waals surface area (Å²) in [6.07, 6.45) is 2.95. The first-order chi connectivity index (χ1) is 8.60. The van der Waals surface area contributed by atoms with Crippen molar-refractivity contribution in [3.63, 3.8) is 0 Å². The molecule has 0 aliphatic heterocycles. The van der Waals surface area contributed by atoms with Gasteiger partial charge in [0.1, 0.15) is 0 Å². The second kappa shape index (κ2) is 7.54. The Labute approximate surface area is 111 Å². The van der Waals surface area contributed by atoms with Crippen molar-refractivity contribution >= 4 is 0 Å². The van der Waals surface area contributed by atoms with Crippen molar-refractivity contribution in [3.05, 3.63) is 17.0 Å². The first-order valence-electron chi connectivity index (χ1n) is 6.96. The van der Waals surface area contributed by atoms with Gasteiger partial charge in [0.25, 0.3) is 0 Å². The van der Waals surface area contributed by atoms with Crippen molar-refractivity contribution in [2.45, 2.75) is 59.5 Å². The fourth-order valence-corrected chi connectivity index (χ4v) is 2.11. The molecule has 1 atom stereocenters. The summed E-state index contributed by atoms with van der Waals surface area (Å²) in [6.45, 7) is 10.9. The molecule has 0 aliphatic rings. The van der Waals surface area contributed by atoms with Gasteiger partial charge in [-0.25, -0.2) is 0 Å². The monoisotopic (exact) mass is 253 g/mol. The van der Waals surface area contributed by atoms with Crippen LogP contribution < -0.4 is 5.73 Å². The van der Waals surface area contributed by atoms with Crippen molar-refractivity contribution < 1.29 is 4.74 Å². The van der Waals surface area contributed by atoms with Gasteiger partial charge in [-0.1, -0.05) is 6.92 Å². The van der Waals surface area contributed by atoms with Crippen LogP contribution in [0.2, 0.25) is 0 Å². The largest absolute Gasteiger partial charge is 0.382 e. The van der Waals surface area contributed by atoms with Gasteiger partial charge in [0.2, 0.25) is 0 Å². The van der Waals surface area contributed by atoms with Crippen LogP contribution in [-0.2, 0) is 17.7 Å². The van der Waals surface area contributed by atoms with E-state index in [1.165, 1.54) is 11.3 Å². The van der Waals surface area contributed by atoms with Gasteiger partial charge in [-0.15, -0.1) is 0 Å². The molecule has 104 valence electrons. The summed E-state index contributed by atoms with van der Waals surface area (Å²) in [7, 11) is 0. The van der Waals surface area contributed by atoms with E-state index in [4.69, 9.17) is 10.5 Å². The van der Waals surface area contributed by atoms with Crippen LogP contribution in [0.15, 0.2) is 0 Å². The Hall–Kier alpha value is -0.870. The molecule has 0 saturated carbocycles. The molecule has 0 amide bonds. The minimum absolute atomic E-state index is 0.239. The molecule has 4 heteroatoms. The highest BCUT2D eigenvalue weighted by atomic mass is 16.5. The Bertz CT molecular complexity index is 360. The Morgan fingerprint density at radius 3 is 2.67 bits per heavy atom. The van der Waals surface area contributed by atoms with Gasteiger partial charge in [0, 0.05) is 31.5 Å². The molecule has 1 aromatic rings. The van der Waals surface area contributed by atoms with E-state index in [1.807, 2.05) is 6.92 Å². The van der Waals surface area contributed by atoms with E-state index in [0.717, 1.165) is 44.7 Å². The maximum Gasteiger partial charge on any atom is 0.0629 e. The van der Waals surface area contributed by atoms with Crippen LogP contribution in [0.3, 0.4) is 0 Å². The van der Waals surface area contributed by atoms with Crippen molar-refractivity contribution in [1.29, 1.82) is 0 Å². The van der Waals surface area contributed by atoms with E-state index in [1.54, 1.807) is 0 Å². The standard InChI is InChI=1S/C14H27N3O/c1-5-13(15)10-14-11(3)16-17(12(14)4)8-7-9-18-6-2/h13H,5-10,15H2,1-4H3. The van der Waals surface area contributed by atoms with Gasteiger partial charge < -0.3 is 10.5 Å². The molecule has 1 heterocycles. The molecule has 0 bridgehead atoms. The average Bonchev–Trinajstić information content (AvgIpc) is 2.62. The summed E-state index contributed by atoms with van der Waals surface area (Å²) < 4.78 is 7.44. The summed E-state index contributed by atoms with van der Waals surface area (Å²) in [5.74, 6) is 0. The average molecular weight is 253 g/mol. The summed E-state index contributed by atoms with van der Waals surface area (Å²) in [4.78, 5) is 0. The van der Waals surface area contributed by atoms with Gasteiger partial charge in [0.15, 0.2) is 0 Å². The zero-order valence-corrected chi connectivity index (χ0v) is 12.2. The third-order valence-electron chi connectivity index (χ3n) is 3.38. The molecule has 0 aliphatic carbocycles. The van der Waals surface area contributed by atoms with Gasteiger partial charge in [-0.2, -0.15) is 5.10 Å². The normalized spacial score (nSPS) is 12.9. The van der Waals surface area contributed by atoms with E-state index in [9.17, 15) is 0 Å². The molecule has 1 rings (SSSR count).